The molecule has 1 aliphatic rings. The van der Waals surface area contributed by atoms with Crippen molar-refractivity contribution in [3.63, 3.8) is 0 Å². The minimum absolute atomic E-state index is 0.125. The number of hydrogen-bond acceptors (Lipinski definition) is 8. The lowest BCUT2D eigenvalue weighted by Gasteiger charge is -2.18. The van der Waals surface area contributed by atoms with Gasteiger partial charge in [-0.2, -0.15) is 4.98 Å². The van der Waals surface area contributed by atoms with Crippen molar-refractivity contribution in [2.45, 2.75) is 24.5 Å². The molecule has 10 nitrogen and oxygen atoms in total. The molecular weight excluding hydrogens is 298 g/mol. The van der Waals surface area contributed by atoms with E-state index in [9.17, 15) is 19.8 Å². The van der Waals surface area contributed by atoms with Gasteiger partial charge in [0.2, 0.25) is 0 Å². The Labute approximate surface area is 123 Å². The van der Waals surface area contributed by atoms with Gasteiger partial charge in [0.1, 0.15) is 24.1 Å². The maximum Gasteiger partial charge on any atom is 0.351 e. The lowest BCUT2D eigenvalue weighted by molar-refractivity contribution is -0.131. The molecule has 1 saturated heterocycles. The Bertz CT molecular complexity index is 657. The smallest absolute Gasteiger partial charge is 0.351 e. The third-order valence-corrected chi connectivity index (χ3v) is 3.21. The summed E-state index contributed by atoms with van der Waals surface area (Å²) in [6.07, 6.45) is -2.08. The topological polar surface area (TPSA) is 168 Å². The normalized spacial score (nSPS) is 28.3. The molecule has 0 spiro atoms. The maximum atomic E-state index is 11.9. The Balaban J connectivity index is 2.41. The minimum atomic E-state index is -1.46. The molecule has 0 saturated carbocycles. The number of aliphatic hydroxyl groups is 3. The Hall–Kier alpha value is -2.27. The van der Waals surface area contributed by atoms with E-state index in [1.165, 1.54) is 0 Å². The fourth-order valence-electron chi connectivity index (χ4n) is 2.08. The average molecular weight is 313 g/mol. The van der Waals surface area contributed by atoms with Crippen molar-refractivity contribution in [1.82, 2.24) is 9.55 Å². The zero-order valence-corrected chi connectivity index (χ0v) is 11.2. The van der Waals surface area contributed by atoms with Crippen molar-refractivity contribution in [2.24, 2.45) is 0 Å². The summed E-state index contributed by atoms with van der Waals surface area (Å²) in [5.74, 6) is -1.41. The number of aliphatic hydroxyl groups excluding tert-OH is 3. The van der Waals surface area contributed by atoms with Gasteiger partial charge in [0, 0.05) is 17.8 Å². The summed E-state index contributed by atoms with van der Waals surface area (Å²) >= 11 is 0. The number of aromatic nitrogens is 2. The van der Waals surface area contributed by atoms with Gasteiger partial charge in [0.05, 0.1) is 6.61 Å². The lowest BCUT2D eigenvalue weighted by Crippen LogP contribution is -2.36. The number of nitrogen functional groups attached to an aromatic ring is 1. The Morgan fingerprint density at radius 2 is 2.14 bits per heavy atom. The number of nitrogens with two attached hydrogens (primary N) is 1. The van der Waals surface area contributed by atoms with Gasteiger partial charge in [0.25, 0.3) is 0 Å². The number of rotatable bonds is 4. The zero-order valence-electron chi connectivity index (χ0n) is 11.2. The second kappa shape index (κ2) is 6.23. The van der Waals surface area contributed by atoms with Crippen molar-refractivity contribution >= 4 is 17.9 Å². The molecule has 0 radical (unpaired) electrons. The fourth-order valence-corrected chi connectivity index (χ4v) is 2.08. The first-order valence-electron chi connectivity index (χ1n) is 6.27. The van der Waals surface area contributed by atoms with Crippen molar-refractivity contribution in [3.8, 4) is 0 Å². The SMILES string of the molecule is Nc1nc(=O)n([C@@H]2O[C@H](CO)C(O)[C@@H]2O)cc1/C=C/C(=O)O. The maximum absolute atomic E-state index is 11.9. The number of anilines is 1. The number of carboxylic acids is 1. The van der Waals surface area contributed by atoms with Gasteiger partial charge in [-0.25, -0.2) is 9.59 Å². The van der Waals surface area contributed by atoms with Crippen LogP contribution in [0.1, 0.15) is 11.8 Å². The number of nitrogens with zero attached hydrogens (tertiary/aromatic N) is 2. The average Bonchev–Trinajstić information content (AvgIpc) is 2.74. The quantitative estimate of drug-likeness (QED) is 0.378. The molecule has 0 aliphatic carbocycles. The summed E-state index contributed by atoms with van der Waals surface area (Å²) in [5, 5.41) is 37.2. The van der Waals surface area contributed by atoms with Gasteiger partial charge >= 0.3 is 11.7 Å². The number of carbonyl (C=O) groups is 1. The van der Waals surface area contributed by atoms with Crippen LogP contribution in [0.4, 0.5) is 5.82 Å². The molecular formula is C12H15N3O7. The van der Waals surface area contributed by atoms with Gasteiger partial charge in [-0.3, -0.25) is 4.57 Å². The third-order valence-electron chi connectivity index (χ3n) is 3.21. The van der Waals surface area contributed by atoms with E-state index in [-0.39, 0.29) is 11.4 Å². The Kier molecular flexibility index (Phi) is 4.56. The van der Waals surface area contributed by atoms with E-state index >= 15 is 0 Å². The number of aliphatic carboxylic acids is 1. The number of carboxylic acid groups (broad SMARTS) is 1. The molecule has 0 amide bonds. The second-order valence-corrected chi connectivity index (χ2v) is 4.67. The van der Waals surface area contributed by atoms with Crippen molar-refractivity contribution in [1.29, 1.82) is 0 Å². The number of ether oxygens (including phenoxy) is 1. The Morgan fingerprint density at radius 3 is 2.68 bits per heavy atom. The fraction of sp³-hybridized carbons (Fsp3) is 0.417. The van der Waals surface area contributed by atoms with Gasteiger partial charge in [-0.1, -0.05) is 0 Å². The molecule has 6 N–H and O–H groups in total. The van der Waals surface area contributed by atoms with E-state index < -0.39 is 42.8 Å². The van der Waals surface area contributed by atoms with E-state index in [2.05, 4.69) is 4.98 Å². The first kappa shape index (κ1) is 16.1. The van der Waals surface area contributed by atoms with Crippen LogP contribution in [0.5, 0.6) is 0 Å². The summed E-state index contributed by atoms with van der Waals surface area (Å²) in [7, 11) is 0. The highest BCUT2D eigenvalue weighted by Crippen LogP contribution is 2.28. The van der Waals surface area contributed by atoms with Crippen LogP contribution in [0.15, 0.2) is 17.1 Å². The highest BCUT2D eigenvalue weighted by atomic mass is 16.6. The molecule has 0 bridgehead atoms. The Morgan fingerprint density at radius 1 is 1.45 bits per heavy atom. The van der Waals surface area contributed by atoms with Crippen LogP contribution in [-0.4, -0.2) is 60.9 Å². The molecule has 0 aromatic carbocycles. The highest BCUT2D eigenvalue weighted by molar-refractivity contribution is 5.86. The lowest BCUT2D eigenvalue weighted by atomic mass is 10.1. The molecule has 1 unspecified atom stereocenters. The van der Waals surface area contributed by atoms with E-state index in [0.717, 1.165) is 22.9 Å². The molecule has 1 aliphatic heterocycles. The van der Waals surface area contributed by atoms with E-state index in [4.69, 9.17) is 20.7 Å². The monoisotopic (exact) mass is 313 g/mol. The summed E-state index contributed by atoms with van der Waals surface area (Å²) in [5.41, 5.74) is 4.81. The van der Waals surface area contributed by atoms with Crippen LogP contribution in [-0.2, 0) is 9.53 Å². The molecule has 1 fully saturated rings. The molecule has 2 heterocycles. The predicted molar refractivity (Wildman–Crippen MR) is 72.6 cm³/mol. The number of hydrogen-bond donors (Lipinski definition) is 5. The van der Waals surface area contributed by atoms with E-state index in [1.807, 2.05) is 0 Å². The molecule has 1 aromatic rings. The molecule has 22 heavy (non-hydrogen) atoms. The second-order valence-electron chi connectivity index (χ2n) is 4.67. The highest BCUT2D eigenvalue weighted by Gasteiger charge is 2.43. The molecule has 10 heteroatoms. The largest absolute Gasteiger partial charge is 0.478 e. The van der Waals surface area contributed by atoms with E-state index in [1.54, 1.807) is 0 Å². The first-order valence-corrected chi connectivity index (χ1v) is 6.27. The minimum Gasteiger partial charge on any atom is -0.478 e. The molecule has 4 atom stereocenters. The summed E-state index contributed by atoms with van der Waals surface area (Å²) < 4.78 is 6.09. The van der Waals surface area contributed by atoms with Crippen LogP contribution in [0.2, 0.25) is 0 Å². The van der Waals surface area contributed by atoms with Crippen LogP contribution >= 0.6 is 0 Å². The van der Waals surface area contributed by atoms with Gasteiger partial charge in [-0.05, 0) is 6.08 Å². The van der Waals surface area contributed by atoms with Crippen molar-refractivity contribution in [3.05, 3.63) is 28.3 Å². The van der Waals surface area contributed by atoms with Crippen LogP contribution in [0.25, 0.3) is 6.08 Å². The zero-order chi connectivity index (χ0) is 16.4. The van der Waals surface area contributed by atoms with Crippen molar-refractivity contribution in [2.75, 3.05) is 12.3 Å². The predicted octanol–water partition coefficient (Wildman–Crippen LogP) is -2.47. The van der Waals surface area contributed by atoms with Crippen LogP contribution in [0, 0.1) is 0 Å². The van der Waals surface area contributed by atoms with Gasteiger partial charge in [0.15, 0.2) is 6.23 Å². The molecule has 120 valence electrons. The molecule has 2 rings (SSSR count). The molecule has 1 aromatic heterocycles. The van der Waals surface area contributed by atoms with Gasteiger partial charge in [-0.15, -0.1) is 0 Å². The first-order chi connectivity index (χ1) is 10.3. The van der Waals surface area contributed by atoms with Gasteiger partial charge < -0.3 is 30.9 Å². The summed E-state index contributed by atoms with van der Waals surface area (Å²) in [6.45, 7) is -0.544. The summed E-state index contributed by atoms with van der Waals surface area (Å²) in [6, 6.07) is 0. The third kappa shape index (κ3) is 2.99. The van der Waals surface area contributed by atoms with Crippen LogP contribution < -0.4 is 11.4 Å². The van der Waals surface area contributed by atoms with E-state index in [0.29, 0.717) is 0 Å². The van der Waals surface area contributed by atoms with Crippen molar-refractivity contribution < 1.29 is 30.0 Å². The summed E-state index contributed by atoms with van der Waals surface area (Å²) in [4.78, 5) is 25.9. The van der Waals surface area contributed by atoms with Crippen LogP contribution in [0.3, 0.4) is 0 Å². The standard InChI is InChI=1S/C12H15N3O7/c13-10-5(1-2-7(17)18)3-15(12(21)14-10)11-9(20)8(19)6(4-16)22-11/h1-3,6,8-9,11,16,19-20H,4H2,(H,17,18)(H2,13,14,21)/b2-1+/t6-,8?,9+,11-/m1/s1.